The topological polar surface area (TPSA) is 32.3 Å². The van der Waals surface area contributed by atoms with Crippen LogP contribution in [-0.2, 0) is 0 Å². The Kier molecular flexibility index (Phi) is 13.6. The second-order valence-electron chi connectivity index (χ2n) is 2.08. The first kappa shape index (κ1) is 10.8. The Balaban J connectivity index is 0. The largest absolute Gasteiger partial charge is 0.396 e. The van der Waals surface area contributed by atoms with E-state index >= 15 is 0 Å². The standard InChI is InChI=1S/C4H10O.C2H7N/c1-4(2)3-5;1-3-2/h4-5H,3H2,1-2H3;3H,1-2H3. The van der Waals surface area contributed by atoms with Crippen LogP contribution in [0.4, 0.5) is 0 Å². The van der Waals surface area contributed by atoms with Crippen molar-refractivity contribution < 1.29 is 5.11 Å². The van der Waals surface area contributed by atoms with E-state index in [2.05, 4.69) is 5.32 Å². The molecule has 0 heterocycles. The third-order valence-corrected chi connectivity index (χ3v) is 0.365. The third kappa shape index (κ3) is 38.9. The van der Waals surface area contributed by atoms with Gasteiger partial charge in [0, 0.05) is 6.61 Å². The molecule has 0 aromatic rings. The van der Waals surface area contributed by atoms with Crippen molar-refractivity contribution in [2.24, 2.45) is 5.92 Å². The normalized spacial score (nSPS) is 8.25. The van der Waals surface area contributed by atoms with Crippen molar-refractivity contribution >= 4 is 0 Å². The highest BCUT2D eigenvalue weighted by molar-refractivity contribution is 4.32. The van der Waals surface area contributed by atoms with Crippen LogP contribution in [0.25, 0.3) is 0 Å². The van der Waals surface area contributed by atoms with E-state index in [9.17, 15) is 0 Å². The van der Waals surface area contributed by atoms with Crippen molar-refractivity contribution in [2.75, 3.05) is 20.7 Å². The predicted octanol–water partition coefficient (Wildman–Crippen LogP) is 0.470. The Morgan fingerprint density at radius 2 is 1.50 bits per heavy atom. The highest BCUT2D eigenvalue weighted by atomic mass is 16.3. The molecule has 8 heavy (non-hydrogen) atoms. The van der Waals surface area contributed by atoms with Gasteiger partial charge >= 0.3 is 0 Å². The SMILES string of the molecule is CC(C)CO.CNC. The maximum Gasteiger partial charge on any atom is 0.0453 e. The molecule has 0 saturated carbocycles. The molecular formula is C6H17NO. The number of hydrogen-bond acceptors (Lipinski definition) is 2. The summed E-state index contributed by atoms with van der Waals surface area (Å²) in [6.07, 6.45) is 0. The van der Waals surface area contributed by atoms with Gasteiger partial charge in [0.15, 0.2) is 0 Å². The highest BCUT2D eigenvalue weighted by Gasteiger charge is 1.81. The molecule has 2 N–H and O–H groups in total. The molecule has 2 heteroatoms. The molecule has 0 unspecified atom stereocenters. The minimum Gasteiger partial charge on any atom is -0.396 e. The quantitative estimate of drug-likeness (QED) is 0.526. The van der Waals surface area contributed by atoms with Crippen LogP contribution < -0.4 is 5.32 Å². The summed E-state index contributed by atoms with van der Waals surface area (Å²) in [4.78, 5) is 0. The van der Waals surface area contributed by atoms with Gasteiger partial charge in [-0.05, 0) is 20.0 Å². The van der Waals surface area contributed by atoms with Crippen LogP contribution in [0.2, 0.25) is 0 Å². The highest BCUT2D eigenvalue weighted by Crippen LogP contribution is 1.83. The zero-order valence-electron chi connectivity index (χ0n) is 6.23. The molecular weight excluding hydrogens is 102 g/mol. The van der Waals surface area contributed by atoms with E-state index in [0.717, 1.165) is 0 Å². The molecule has 0 bridgehead atoms. The first-order valence-corrected chi connectivity index (χ1v) is 2.88. The molecule has 0 spiro atoms. The zero-order valence-corrected chi connectivity index (χ0v) is 6.23. The van der Waals surface area contributed by atoms with E-state index < -0.39 is 0 Å². The lowest BCUT2D eigenvalue weighted by Gasteiger charge is -1.90. The van der Waals surface area contributed by atoms with E-state index in [4.69, 9.17) is 5.11 Å². The van der Waals surface area contributed by atoms with Crippen LogP contribution in [0, 0.1) is 5.92 Å². The lowest BCUT2D eigenvalue weighted by molar-refractivity contribution is 0.248. The Labute approximate surface area is 51.9 Å². The number of rotatable bonds is 1. The van der Waals surface area contributed by atoms with Crippen molar-refractivity contribution in [1.29, 1.82) is 0 Å². The minimum atomic E-state index is 0.306. The first-order chi connectivity index (χ1) is 3.68. The molecule has 0 aliphatic carbocycles. The van der Waals surface area contributed by atoms with Crippen LogP contribution in [-0.4, -0.2) is 25.8 Å². The van der Waals surface area contributed by atoms with Crippen molar-refractivity contribution in [1.82, 2.24) is 5.32 Å². The summed E-state index contributed by atoms with van der Waals surface area (Å²) in [5.41, 5.74) is 0. The van der Waals surface area contributed by atoms with Crippen LogP contribution in [0.3, 0.4) is 0 Å². The molecule has 0 aromatic heterocycles. The molecule has 0 atom stereocenters. The second-order valence-corrected chi connectivity index (χ2v) is 2.08. The van der Waals surface area contributed by atoms with Crippen molar-refractivity contribution in [3.8, 4) is 0 Å². The fraction of sp³-hybridized carbons (Fsp3) is 1.00. The smallest absolute Gasteiger partial charge is 0.0453 e. The number of aliphatic hydroxyl groups excluding tert-OH is 1. The first-order valence-electron chi connectivity index (χ1n) is 2.88. The third-order valence-electron chi connectivity index (χ3n) is 0.365. The van der Waals surface area contributed by atoms with Crippen LogP contribution in [0.5, 0.6) is 0 Å². The van der Waals surface area contributed by atoms with Gasteiger partial charge in [-0.3, -0.25) is 0 Å². The van der Waals surface area contributed by atoms with Crippen LogP contribution >= 0.6 is 0 Å². The van der Waals surface area contributed by atoms with Gasteiger partial charge in [-0.2, -0.15) is 0 Å². The Hall–Kier alpha value is -0.0800. The average Bonchev–Trinajstić information content (AvgIpc) is 1.69. The van der Waals surface area contributed by atoms with E-state index in [1.807, 2.05) is 27.9 Å². The maximum absolute atomic E-state index is 8.14. The summed E-state index contributed by atoms with van der Waals surface area (Å²) in [7, 11) is 3.75. The number of nitrogens with one attached hydrogen (secondary N) is 1. The van der Waals surface area contributed by atoms with Crippen molar-refractivity contribution in [3.63, 3.8) is 0 Å². The zero-order chi connectivity index (χ0) is 6.99. The van der Waals surface area contributed by atoms with Gasteiger partial charge in [-0.1, -0.05) is 13.8 Å². The Morgan fingerprint density at radius 1 is 1.38 bits per heavy atom. The summed E-state index contributed by atoms with van der Waals surface area (Å²) >= 11 is 0. The molecule has 0 saturated heterocycles. The molecule has 0 aliphatic rings. The molecule has 0 rings (SSSR count). The summed E-state index contributed by atoms with van der Waals surface area (Å²) in [6, 6.07) is 0. The Morgan fingerprint density at radius 3 is 1.50 bits per heavy atom. The van der Waals surface area contributed by atoms with Gasteiger partial charge in [0.25, 0.3) is 0 Å². The van der Waals surface area contributed by atoms with Gasteiger partial charge in [-0.15, -0.1) is 0 Å². The summed E-state index contributed by atoms with van der Waals surface area (Å²) < 4.78 is 0. The molecule has 0 aromatic carbocycles. The lowest BCUT2D eigenvalue weighted by Crippen LogP contribution is -1.90. The van der Waals surface area contributed by atoms with E-state index in [1.54, 1.807) is 0 Å². The molecule has 52 valence electrons. The Bertz CT molecular complexity index is 29.7. The number of hydrogen-bond donors (Lipinski definition) is 2. The van der Waals surface area contributed by atoms with Crippen molar-refractivity contribution in [2.45, 2.75) is 13.8 Å². The number of aliphatic hydroxyl groups is 1. The van der Waals surface area contributed by atoms with Crippen molar-refractivity contribution in [3.05, 3.63) is 0 Å². The van der Waals surface area contributed by atoms with Gasteiger partial charge in [0.05, 0.1) is 0 Å². The minimum absolute atomic E-state index is 0.306. The fourth-order valence-corrected chi connectivity index (χ4v) is 0. The molecule has 0 amide bonds. The van der Waals surface area contributed by atoms with Crippen LogP contribution in [0.15, 0.2) is 0 Å². The monoisotopic (exact) mass is 119 g/mol. The molecule has 0 aliphatic heterocycles. The van der Waals surface area contributed by atoms with E-state index in [1.165, 1.54) is 0 Å². The summed E-state index contributed by atoms with van der Waals surface area (Å²) in [5, 5.41) is 10.9. The fourth-order valence-electron chi connectivity index (χ4n) is 0. The lowest BCUT2D eigenvalue weighted by atomic mass is 10.2. The van der Waals surface area contributed by atoms with Crippen LogP contribution in [0.1, 0.15) is 13.8 Å². The maximum atomic E-state index is 8.14. The van der Waals surface area contributed by atoms with Gasteiger partial charge in [0.1, 0.15) is 0 Å². The molecule has 0 fully saturated rings. The van der Waals surface area contributed by atoms with Gasteiger partial charge in [-0.25, -0.2) is 0 Å². The van der Waals surface area contributed by atoms with Gasteiger partial charge in [0.2, 0.25) is 0 Å². The van der Waals surface area contributed by atoms with Gasteiger partial charge < -0.3 is 10.4 Å². The average molecular weight is 119 g/mol. The summed E-state index contributed by atoms with van der Waals surface area (Å²) in [5.74, 6) is 0.440. The van der Waals surface area contributed by atoms with E-state index in [0.29, 0.717) is 12.5 Å². The molecule has 2 nitrogen and oxygen atoms in total. The summed E-state index contributed by atoms with van der Waals surface area (Å²) in [6.45, 7) is 4.25. The second kappa shape index (κ2) is 10.0. The molecule has 0 radical (unpaired) electrons. The predicted molar refractivity (Wildman–Crippen MR) is 36.9 cm³/mol. The van der Waals surface area contributed by atoms with E-state index in [-0.39, 0.29) is 0 Å².